The minimum Gasteiger partial charge on any atom is -0.325 e. The van der Waals surface area contributed by atoms with Gasteiger partial charge in [-0.05, 0) is 30.5 Å². The highest BCUT2D eigenvalue weighted by molar-refractivity contribution is 7.99. The van der Waals surface area contributed by atoms with E-state index < -0.39 is 0 Å². The normalized spacial score (nSPS) is 10.6. The molecule has 0 radical (unpaired) electrons. The number of carbonyl (C=O) groups excluding carboxylic acids is 1. The molecule has 0 unspecified atom stereocenters. The van der Waals surface area contributed by atoms with Gasteiger partial charge in [0, 0.05) is 17.8 Å². The van der Waals surface area contributed by atoms with Crippen LogP contribution in [0, 0.1) is 6.92 Å². The summed E-state index contributed by atoms with van der Waals surface area (Å²) in [7, 11) is 0. The first-order valence-corrected chi connectivity index (χ1v) is 10.2. The fourth-order valence-corrected chi connectivity index (χ4v) is 3.73. The SMILES string of the molecule is C=CCn1c(SCC(=O)Nc2ccccc2CC)nnc1-c1ccccc1C. The number of thioether (sulfide) groups is 1. The number of hydrogen-bond acceptors (Lipinski definition) is 4. The molecule has 6 heteroatoms. The third-order valence-electron chi connectivity index (χ3n) is 4.42. The molecule has 1 heterocycles. The van der Waals surface area contributed by atoms with Crippen molar-refractivity contribution in [1.29, 1.82) is 0 Å². The molecule has 28 heavy (non-hydrogen) atoms. The summed E-state index contributed by atoms with van der Waals surface area (Å²) in [6.07, 6.45) is 2.68. The van der Waals surface area contributed by atoms with E-state index in [4.69, 9.17) is 0 Å². The zero-order chi connectivity index (χ0) is 19.9. The van der Waals surface area contributed by atoms with Crippen LogP contribution in [0.3, 0.4) is 0 Å². The number of allylic oxidation sites excluding steroid dienone is 1. The van der Waals surface area contributed by atoms with Crippen molar-refractivity contribution in [3.05, 3.63) is 72.3 Å². The van der Waals surface area contributed by atoms with Crippen LogP contribution in [0.4, 0.5) is 5.69 Å². The standard InChI is InChI=1S/C22H24N4OS/c1-4-14-26-21(18-12-8-6-10-16(18)3)24-25-22(26)28-15-20(27)23-19-13-9-7-11-17(19)5-2/h4,6-13H,1,5,14-15H2,2-3H3,(H,23,27). The topological polar surface area (TPSA) is 59.8 Å². The molecule has 0 fully saturated rings. The monoisotopic (exact) mass is 392 g/mol. The first kappa shape index (κ1) is 19.9. The highest BCUT2D eigenvalue weighted by atomic mass is 32.2. The van der Waals surface area contributed by atoms with Gasteiger partial charge >= 0.3 is 0 Å². The van der Waals surface area contributed by atoms with Gasteiger partial charge in [-0.2, -0.15) is 0 Å². The fraction of sp³-hybridized carbons (Fsp3) is 0.227. The second-order valence-electron chi connectivity index (χ2n) is 6.37. The number of anilines is 1. The number of nitrogens with zero attached hydrogens (tertiary/aromatic N) is 3. The lowest BCUT2D eigenvalue weighted by atomic mass is 10.1. The maximum atomic E-state index is 12.4. The van der Waals surface area contributed by atoms with Crippen LogP contribution in [0.2, 0.25) is 0 Å². The quantitative estimate of drug-likeness (QED) is 0.445. The Morgan fingerprint density at radius 2 is 1.93 bits per heavy atom. The first-order valence-electron chi connectivity index (χ1n) is 9.24. The molecule has 3 rings (SSSR count). The number of amides is 1. The Bertz CT molecular complexity index is 980. The average Bonchev–Trinajstić information content (AvgIpc) is 3.10. The van der Waals surface area contributed by atoms with Crippen molar-refractivity contribution in [3.8, 4) is 11.4 Å². The fourth-order valence-electron chi connectivity index (χ4n) is 2.98. The Hall–Kier alpha value is -2.86. The van der Waals surface area contributed by atoms with Gasteiger partial charge < -0.3 is 5.32 Å². The maximum absolute atomic E-state index is 12.4. The molecular formula is C22H24N4OS. The van der Waals surface area contributed by atoms with E-state index in [1.165, 1.54) is 11.8 Å². The first-order chi connectivity index (χ1) is 13.6. The Morgan fingerprint density at radius 1 is 1.18 bits per heavy atom. The van der Waals surface area contributed by atoms with Crippen molar-refractivity contribution in [2.45, 2.75) is 32.0 Å². The number of nitrogens with one attached hydrogen (secondary N) is 1. The average molecular weight is 393 g/mol. The van der Waals surface area contributed by atoms with Crippen LogP contribution in [0.25, 0.3) is 11.4 Å². The molecule has 0 aliphatic heterocycles. The lowest BCUT2D eigenvalue weighted by Crippen LogP contribution is -2.15. The Balaban J connectivity index is 1.75. The Labute approximate surface area is 169 Å². The lowest BCUT2D eigenvalue weighted by molar-refractivity contribution is -0.113. The molecule has 144 valence electrons. The zero-order valence-corrected chi connectivity index (χ0v) is 17.0. The summed E-state index contributed by atoms with van der Waals surface area (Å²) in [4.78, 5) is 12.4. The van der Waals surface area contributed by atoms with E-state index in [9.17, 15) is 4.79 Å². The number of rotatable bonds is 8. The van der Waals surface area contributed by atoms with Gasteiger partial charge in [-0.25, -0.2) is 0 Å². The number of carbonyl (C=O) groups is 1. The van der Waals surface area contributed by atoms with Gasteiger partial charge in [0.05, 0.1) is 5.75 Å². The van der Waals surface area contributed by atoms with Crippen LogP contribution in [-0.4, -0.2) is 26.4 Å². The molecule has 0 saturated heterocycles. The summed E-state index contributed by atoms with van der Waals surface area (Å²) in [5.74, 6) is 0.995. The van der Waals surface area contributed by atoms with E-state index >= 15 is 0 Å². The third kappa shape index (κ3) is 4.51. The van der Waals surface area contributed by atoms with E-state index in [0.717, 1.165) is 34.6 Å². The van der Waals surface area contributed by atoms with Crippen molar-refractivity contribution in [1.82, 2.24) is 14.8 Å². The van der Waals surface area contributed by atoms with Gasteiger partial charge in [-0.3, -0.25) is 9.36 Å². The van der Waals surface area contributed by atoms with Crippen LogP contribution < -0.4 is 5.32 Å². The van der Waals surface area contributed by atoms with Crippen LogP contribution in [-0.2, 0) is 17.8 Å². The smallest absolute Gasteiger partial charge is 0.234 e. The number of aromatic nitrogens is 3. The molecule has 0 atom stereocenters. The van der Waals surface area contributed by atoms with Crippen molar-refractivity contribution >= 4 is 23.4 Å². The van der Waals surface area contributed by atoms with E-state index in [1.807, 2.05) is 66.1 Å². The summed E-state index contributed by atoms with van der Waals surface area (Å²) >= 11 is 1.38. The second-order valence-corrected chi connectivity index (χ2v) is 7.31. The molecule has 0 bridgehead atoms. The Morgan fingerprint density at radius 3 is 2.68 bits per heavy atom. The van der Waals surface area contributed by atoms with Crippen molar-refractivity contribution in [2.75, 3.05) is 11.1 Å². The van der Waals surface area contributed by atoms with Crippen LogP contribution in [0.15, 0.2) is 66.3 Å². The summed E-state index contributed by atoms with van der Waals surface area (Å²) in [5.41, 5.74) is 4.15. The second kappa shape index (κ2) is 9.37. The number of para-hydroxylation sites is 1. The molecule has 0 aliphatic rings. The van der Waals surface area contributed by atoms with Gasteiger partial charge in [0.25, 0.3) is 0 Å². The predicted octanol–water partition coefficient (Wildman–Crippen LogP) is 4.73. The summed E-state index contributed by atoms with van der Waals surface area (Å²) < 4.78 is 1.99. The minimum atomic E-state index is -0.0588. The molecule has 1 aromatic heterocycles. The Kier molecular flexibility index (Phi) is 6.66. The van der Waals surface area contributed by atoms with E-state index in [0.29, 0.717) is 11.7 Å². The minimum absolute atomic E-state index is 0.0588. The van der Waals surface area contributed by atoms with Gasteiger partial charge in [0.15, 0.2) is 11.0 Å². The lowest BCUT2D eigenvalue weighted by Gasteiger charge is -2.11. The number of hydrogen-bond donors (Lipinski definition) is 1. The summed E-state index contributed by atoms with van der Waals surface area (Å²) in [5, 5.41) is 12.4. The molecular weight excluding hydrogens is 368 g/mol. The van der Waals surface area contributed by atoms with Gasteiger partial charge in [-0.15, -0.1) is 16.8 Å². The zero-order valence-electron chi connectivity index (χ0n) is 16.2. The summed E-state index contributed by atoms with van der Waals surface area (Å²) in [6.45, 7) is 8.55. The van der Waals surface area contributed by atoms with Crippen LogP contribution >= 0.6 is 11.8 Å². The predicted molar refractivity (Wildman–Crippen MR) is 116 cm³/mol. The largest absolute Gasteiger partial charge is 0.325 e. The van der Waals surface area contributed by atoms with Crippen molar-refractivity contribution in [3.63, 3.8) is 0 Å². The van der Waals surface area contributed by atoms with Crippen molar-refractivity contribution < 1.29 is 4.79 Å². The van der Waals surface area contributed by atoms with E-state index in [1.54, 1.807) is 0 Å². The van der Waals surface area contributed by atoms with Gasteiger partial charge in [0.1, 0.15) is 0 Å². The molecule has 5 nitrogen and oxygen atoms in total. The van der Waals surface area contributed by atoms with Crippen molar-refractivity contribution in [2.24, 2.45) is 0 Å². The molecule has 3 aromatic rings. The molecule has 0 spiro atoms. The highest BCUT2D eigenvalue weighted by Gasteiger charge is 2.16. The highest BCUT2D eigenvalue weighted by Crippen LogP contribution is 2.26. The van der Waals surface area contributed by atoms with Crippen LogP contribution in [0.1, 0.15) is 18.1 Å². The molecule has 1 N–H and O–H groups in total. The van der Waals surface area contributed by atoms with Gasteiger partial charge in [0.2, 0.25) is 5.91 Å². The van der Waals surface area contributed by atoms with Gasteiger partial charge in [-0.1, -0.05) is 67.2 Å². The van der Waals surface area contributed by atoms with E-state index in [-0.39, 0.29) is 11.7 Å². The van der Waals surface area contributed by atoms with E-state index in [2.05, 4.69) is 29.0 Å². The van der Waals surface area contributed by atoms with Crippen LogP contribution in [0.5, 0.6) is 0 Å². The summed E-state index contributed by atoms with van der Waals surface area (Å²) in [6, 6.07) is 15.9. The molecule has 1 amide bonds. The third-order valence-corrected chi connectivity index (χ3v) is 5.39. The number of aryl methyl sites for hydroxylation is 2. The molecule has 2 aromatic carbocycles. The molecule has 0 saturated carbocycles. The maximum Gasteiger partial charge on any atom is 0.234 e. The molecule has 0 aliphatic carbocycles. The number of benzene rings is 2.